The number of hydrogen-bond donors (Lipinski definition) is 1. The maximum atomic E-state index is 11.0. The van der Waals surface area contributed by atoms with Gasteiger partial charge in [0.1, 0.15) is 0 Å². The quantitative estimate of drug-likeness (QED) is 0.674. The lowest BCUT2D eigenvalue weighted by molar-refractivity contribution is -0.385. The van der Waals surface area contributed by atoms with Crippen molar-refractivity contribution < 1.29 is 4.92 Å². The molecule has 2 aliphatic heterocycles. The molecule has 2 atom stereocenters. The molecule has 0 spiro atoms. The molecular weight excluding hydrogens is 254 g/mol. The highest BCUT2D eigenvalue weighted by Crippen LogP contribution is 2.22. The van der Waals surface area contributed by atoms with Crippen LogP contribution in [0.5, 0.6) is 0 Å². The Morgan fingerprint density at radius 3 is 2.90 bits per heavy atom. The molecule has 2 heterocycles. The average Bonchev–Trinajstić information content (AvgIpc) is 2.78. The van der Waals surface area contributed by atoms with Crippen molar-refractivity contribution >= 4 is 5.69 Å². The predicted molar refractivity (Wildman–Crippen MR) is 77.8 cm³/mol. The maximum Gasteiger partial charge on any atom is 0.272 e. The van der Waals surface area contributed by atoms with Crippen LogP contribution in [0.25, 0.3) is 0 Å². The summed E-state index contributed by atoms with van der Waals surface area (Å²) >= 11 is 0. The van der Waals surface area contributed by atoms with Crippen LogP contribution in [-0.2, 0) is 6.42 Å². The van der Waals surface area contributed by atoms with Gasteiger partial charge in [-0.05, 0) is 32.2 Å². The molecule has 1 aromatic rings. The van der Waals surface area contributed by atoms with Gasteiger partial charge in [-0.2, -0.15) is 0 Å². The fourth-order valence-corrected chi connectivity index (χ4v) is 3.40. The molecule has 5 nitrogen and oxygen atoms in total. The first-order valence-corrected chi connectivity index (χ1v) is 7.43. The van der Waals surface area contributed by atoms with Crippen molar-refractivity contribution in [2.45, 2.75) is 37.8 Å². The van der Waals surface area contributed by atoms with E-state index in [9.17, 15) is 10.1 Å². The molecule has 2 aliphatic rings. The van der Waals surface area contributed by atoms with Crippen LogP contribution in [0.3, 0.4) is 0 Å². The van der Waals surface area contributed by atoms with Crippen LogP contribution >= 0.6 is 0 Å². The van der Waals surface area contributed by atoms with Crippen molar-refractivity contribution in [3.63, 3.8) is 0 Å². The molecule has 1 aromatic carbocycles. The first kappa shape index (κ1) is 13.5. The molecule has 0 aliphatic carbocycles. The Labute approximate surface area is 119 Å². The molecule has 0 aromatic heterocycles. The lowest BCUT2D eigenvalue weighted by Crippen LogP contribution is -2.36. The molecule has 3 rings (SSSR count). The van der Waals surface area contributed by atoms with Crippen LogP contribution in [0.15, 0.2) is 24.3 Å². The van der Waals surface area contributed by atoms with E-state index in [4.69, 9.17) is 0 Å². The van der Waals surface area contributed by atoms with Gasteiger partial charge in [-0.25, -0.2) is 0 Å². The molecule has 2 fully saturated rings. The van der Waals surface area contributed by atoms with Crippen LogP contribution in [0.4, 0.5) is 5.69 Å². The van der Waals surface area contributed by atoms with Gasteiger partial charge in [0.15, 0.2) is 0 Å². The Morgan fingerprint density at radius 1 is 1.25 bits per heavy atom. The number of likely N-dealkylation sites (tertiary alicyclic amines) is 1. The molecule has 2 unspecified atom stereocenters. The molecule has 1 N–H and O–H groups in total. The van der Waals surface area contributed by atoms with Gasteiger partial charge in [0.2, 0.25) is 0 Å². The summed E-state index contributed by atoms with van der Waals surface area (Å²) in [6.07, 6.45) is 4.54. The van der Waals surface area contributed by atoms with Gasteiger partial charge in [0.05, 0.1) is 4.92 Å². The Bertz CT molecular complexity index is 492. The summed E-state index contributed by atoms with van der Waals surface area (Å²) in [4.78, 5) is 13.2. The third-order valence-electron chi connectivity index (χ3n) is 4.49. The third kappa shape index (κ3) is 2.99. The Balaban J connectivity index is 1.60. The number of hydrogen-bond acceptors (Lipinski definition) is 4. The Morgan fingerprint density at radius 2 is 2.05 bits per heavy atom. The number of rotatable bonds is 4. The molecule has 0 radical (unpaired) electrons. The SMILES string of the molecule is O=[N+]([O-])c1ccccc1CCN1CCC2CCC(C1)N2. The molecule has 2 saturated heterocycles. The molecule has 2 bridgehead atoms. The van der Waals surface area contributed by atoms with Gasteiger partial charge in [-0.15, -0.1) is 0 Å². The minimum absolute atomic E-state index is 0.252. The monoisotopic (exact) mass is 275 g/mol. The van der Waals surface area contributed by atoms with Crippen LogP contribution < -0.4 is 5.32 Å². The normalized spacial score (nSPS) is 26.4. The van der Waals surface area contributed by atoms with Crippen molar-refractivity contribution in [1.82, 2.24) is 10.2 Å². The lowest BCUT2D eigenvalue weighted by Gasteiger charge is -2.23. The number of benzene rings is 1. The summed E-state index contributed by atoms with van der Waals surface area (Å²) in [5.41, 5.74) is 1.10. The van der Waals surface area contributed by atoms with E-state index in [1.807, 2.05) is 12.1 Å². The van der Waals surface area contributed by atoms with Gasteiger partial charge in [0, 0.05) is 36.8 Å². The van der Waals surface area contributed by atoms with E-state index in [2.05, 4.69) is 10.2 Å². The second-order valence-corrected chi connectivity index (χ2v) is 5.86. The Kier molecular flexibility index (Phi) is 3.98. The summed E-state index contributed by atoms with van der Waals surface area (Å²) in [6.45, 7) is 3.10. The van der Waals surface area contributed by atoms with E-state index in [1.54, 1.807) is 12.1 Å². The minimum Gasteiger partial charge on any atom is -0.310 e. The molecule has 0 saturated carbocycles. The fraction of sp³-hybridized carbons (Fsp3) is 0.600. The van der Waals surface area contributed by atoms with Gasteiger partial charge < -0.3 is 10.2 Å². The average molecular weight is 275 g/mol. The predicted octanol–water partition coefficient (Wildman–Crippen LogP) is 1.96. The zero-order valence-electron chi connectivity index (χ0n) is 11.6. The topological polar surface area (TPSA) is 58.4 Å². The van der Waals surface area contributed by atoms with Crippen molar-refractivity contribution in [3.8, 4) is 0 Å². The standard InChI is InChI=1S/C15H21N3O2/c19-18(20)15-4-2-1-3-12(15)7-9-17-10-8-13-5-6-14(11-17)16-13/h1-4,13-14,16H,5-11H2. The molecular formula is C15H21N3O2. The molecule has 5 heteroatoms. The van der Waals surface area contributed by atoms with Crippen molar-refractivity contribution in [1.29, 1.82) is 0 Å². The van der Waals surface area contributed by atoms with Crippen molar-refractivity contribution in [3.05, 3.63) is 39.9 Å². The number of nitrogens with zero attached hydrogens (tertiary/aromatic N) is 2. The van der Waals surface area contributed by atoms with Crippen LogP contribution in [-0.4, -0.2) is 41.5 Å². The number of nitrogens with one attached hydrogen (secondary N) is 1. The molecule has 108 valence electrons. The van der Waals surface area contributed by atoms with Crippen molar-refractivity contribution in [2.24, 2.45) is 0 Å². The van der Waals surface area contributed by atoms with Gasteiger partial charge in [0.25, 0.3) is 5.69 Å². The zero-order chi connectivity index (χ0) is 13.9. The highest BCUT2D eigenvalue weighted by atomic mass is 16.6. The first-order chi connectivity index (χ1) is 9.72. The highest BCUT2D eigenvalue weighted by Gasteiger charge is 2.29. The van der Waals surface area contributed by atoms with Crippen molar-refractivity contribution in [2.75, 3.05) is 19.6 Å². The van der Waals surface area contributed by atoms with E-state index < -0.39 is 0 Å². The first-order valence-electron chi connectivity index (χ1n) is 7.43. The van der Waals surface area contributed by atoms with Gasteiger partial charge >= 0.3 is 0 Å². The summed E-state index contributed by atoms with van der Waals surface area (Å²) in [6, 6.07) is 8.40. The lowest BCUT2D eigenvalue weighted by atomic mass is 10.1. The summed E-state index contributed by atoms with van der Waals surface area (Å²) in [7, 11) is 0. The molecule has 0 amide bonds. The number of nitro groups is 1. The van der Waals surface area contributed by atoms with E-state index >= 15 is 0 Å². The summed E-state index contributed by atoms with van der Waals surface area (Å²) < 4.78 is 0. The van der Waals surface area contributed by atoms with Crippen LogP contribution in [0.2, 0.25) is 0 Å². The van der Waals surface area contributed by atoms with Gasteiger partial charge in [-0.3, -0.25) is 10.1 Å². The summed E-state index contributed by atoms with van der Waals surface area (Å²) in [5, 5.41) is 14.7. The highest BCUT2D eigenvalue weighted by molar-refractivity contribution is 5.39. The summed E-state index contributed by atoms with van der Waals surface area (Å²) in [5.74, 6) is 0. The van der Waals surface area contributed by atoms with E-state index in [0.717, 1.165) is 31.6 Å². The van der Waals surface area contributed by atoms with E-state index in [0.29, 0.717) is 12.1 Å². The second-order valence-electron chi connectivity index (χ2n) is 5.86. The van der Waals surface area contributed by atoms with E-state index in [-0.39, 0.29) is 10.6 Å². The molecule has 20 heavy (non-hydrogen) atoms. The Hall–Kier alpha value is -1.46. The minimum atomic E-state index is -0.277. The smallest absolute Gasteiger partial charge is 0.272 e. The van der Waals surface area contributed by atoms with Crippen LogP contribution in [0.1, 0.15) is 24.8 Å². The van der Waals surface area contributed by atoms with E-state index in [1.165, 1.54) is 19.3 Å². The largest absolute Gasteiger partial charge is 0.310 e. The van der Waals surface area contributed by atoms with Gasteiger partial charge in [-0.1, -0.05) is 18.2 Å². The third-order valence-corrected chi connectivity index (χ3v) is 4.49. The number of nitro benzene ring substituents is 1. The number of fused-ring (bicyclic) bond motifs is 2. The second kappa shape index (κ2) is 5.89. The fourth-order valence-electron chi connectivity index (χ4n) is 3.40. The maximum absolute atomic E-state index is 11.0. The van der Waals surface area contributed by atoms with Crippen LogP contribution in [0, 0.1) is 10.1 Å². The number of para-hydroxylation sites is 1. The zero-order valence-corrected chi connectivity index (χ0v) is 11.6.